The van der Waals surface area contributed by atoms with Gasteiger partial charge in [-0.15, -0.1) is 11.3 Å². The van der Waals surface area contributed by atoms with Crippen LogP contribution >= 0.6 is 11.3 Å². The van der Waals surface area contributed by atoms with Crippen molar-refractivity contribution in [1.29, 1.82) is 0 Å². The highest BCUT2D eigenvalue weighted by Crippen LogP contribution is 2.25. The fourth-order valence-electron chi connectivity index (χ4n) is 1.66. The van der Waals surface area contributed by atoms with E-state index in [-0.39, 0.29) is 0 Å². The number of benzene rings is 1. The summed E-state index contributed by atoms with van der Waals surface area (Å²) >= 11 is 1.40. The molecule has 0 spiro atoms. The molecule has 0 fully saturated rings. The van der Waals surface area contributed by atoms with Crippen LogP contribution in [0.4, 0.5) is 5.69 Å². The second-order valence-corrected chi connectivity index (χ2v) is 4.32. The molecule has 0 aliphatic carbocycles. The SMILES string of the molecule is CN(c1ccccc1)C(C(=O)O)c1cscn1. The van der Waals surface area contributed by atoms with E-state index in [2.05, 4.69) is 4.98 Å². The van der Waals surface area contributed by atoms with E-state index in [0.717, 1.165) is 5.69 Å². The van der Waals surface area contributed by atoms with E-state index in [1.54, 1.807) is 22.8 Å². The topological polar surface area (TPSA) is 53.4 Å². The number of para-hydroxylation sites is 1. The molecule has 2 rings (SSSR count). The highest BCUT2D eigenvalue weighted by Gasteiger charge is 2.26. The minimum atomic E-state index is -0.901. The van der Waals surface area contributed by atoms with Gasteiger partial charge < -0.3 is 10.0 Å². The highest BCUT2D eigenvalue weighted by atomic mass is 32.1. The molecule has 0 amide bonds. The van der Waals surface area contributed by atoms with Gasteiger partial charge in [-0.05, 0) is 12.1 Å². The molecule has 5 heteroatoms. The quantitative estimate of drug-likeness (QED) is 0.902. The maximum Gasteiger partial charge on any atom is 0.332 e. The van der Waals surface area contributed by atoms with Crippen molar-refractivity contribution < 1.29 is 9.90 Å². The molecule has 4 nitrogen and oxygen atoms in total. The van der Waals surface area contributed by atoms with Crippen molar-refractivity contribution in [2.45, 2.75) is 6.04 Å². The third kappa shape index (κ3) is 2.45. The Hall–Kier alpha value is -1.88. The summed E-state index contributed by atoms with van der Waals surface area (Å²) in [4.78, 5) is 17.1. The molecule has 0 bridgehead atoms. The summed E-state index contributed by atoms with van der Waals surface area (Å²) in [6.45, 7) is 0. The van der Waals surface area contributed by atoms with Gasteiger partial charge in [0.05, 0.1) is 11.2 Å². The van der Waals surface area contributed by atoms with E-state index < -0.39 is 12.0 Å². The van der Waals surface area contributed by atoms with Gasteiger partial charge in [-0.3, -0.25) is 0 Å². The van der Waals surface area contributed by atoms with Crippen LogP contribution in [0, 0.1) is 0 Å². The fourth-order valence-corrected chi connectivity index (χ4v) is 2.23. The van der Waals surface area contributed by atoms with Gasteiger partial charge in [0.25, 0.3) is 0 Å². The number of aliphatic carboxylic acids is 1. The van der Waals surface area contributed by atoms with Crippen LogP contribution < -0.4 is 4.90 Å². The molecule has 1 aromatic carbocycles. The van der Waals surface area contributed by atoms with E-state index in [9.17, 15) is 9.90 Å². The first kappa shape index (κ1) is 11.6. The second-order valence-electron chi connectivity index (χ2n) is 3.60. The molecule has 0 aliphatic rings. The predicted molar refractivity (Wildman–Crippen MR) is 67.3 cm³/mol. The third-order valence-corrected chi connectivity index (χ3v) is 3.12. The van der Waals surface area contributed by atoms with Crippen molar-refractivity contribution in [1.82, 2.24) is 4.98 Å². The molecule has 1 aromatic heterocycles. The summed E-state index contributed by atoms with van der Waals surface area (Å²) < 4.78 is 0. The largest absolute Gasteiger partial charge is 0.479 e. The van der Waals surface area contributed by atoms with Crippen LogP contribution in [-0.4, -0.2) is 23.1 Å². The number of carbonyl (C=O) groups is 1. The molecule has 88 valence electrons. The van der Waals surface area contributed by atoms with E-state index in [4.69, 9.17) is 0 Å². The molecule has 2 aromatic rings. The fraction of sp³-hybridized carbons (Fsp3) is 0.167. The molecule has 1 atom stereocenters. The second kappa shape index (κ2) is 4.97. The lowest BCUT2D eigenvalue weighted by molar-refractivity contribution is -0.138. The summed E-state index contributed by atoms with van der Waals surface area (Å²) in [6.07, 6.45) is 0. The normalized spacial score (nSPS) is 12.1. The zero-order valence-corrected chi connectivity index (χ0v) is 10.1. The van der Waals surface area contributed by atoms with Crippen LogP contribution in [0.3, 0.4) is 0 Å². The van der Waals surface area contributed by atoms with Crippen LogP contribution in [0.2, 0.25) is 0 Å². The first-order valence-corrected chi connectivity index (χ1v) is 6.03. The van der Waals surface area contributed by atoms with Gasteiger partial charge in [0, 0.05) is 18.1 Å². The van der Waals surface area contributed by atoms with E-state index >= 15 is 0 Å². The van der Waals surface area contributed by atoms with Crippen LogP contribution in [0.25, 0.3) is 0 Å². The Balaban J connectivity index is 2.32. The molecule has 0 saturated carbocycles. The molecule has 0 radical (unpaired) electrons. The number of hydrogen-bond donors (Lipinski definition) is 1. The number of carboxylic acids is 1. The van der Waals surface area contributed by atoms with Gasteiger partial charge in [-0.1, -0.05) is 18.2 Å². The van der Waals surface area contributed by atoms with Crippen LogP contribution in [-0.2, 0) is 4.79 Å². The average Bonchev–Trinajstić information content (AvgIpc) is 2.83. The Morgan fingerprint density at radius 2 is 2.12 bits per heavy atom. The predicted octanol–water partition coefficient (Wildman–Crippen LogP) is 2.41. The smallest absolute Gasteiger partial charge is 0.332 e. The Labute approximate surface area is 103 Å². The number of likely N-dealkylation sites (N-methyl/N-ethyl adjacent to an activating group) is 1. The standard InChI is InChI=1S/C12H12N2O2S/c1-14(9-5-3-2-4-6-9)11(12(15)16)10-7-17-8-13-10/h2-8,11H,1H3,(H,15,16). The molecule has 1 unspecified atom stereocenters. The Morgan fingerprint density at radius 3 is 2.65 bits per heavy atom. The number of hydrogen-bond acceptors (Lipinski definition) is 4. The zero-order valence-electron chi connectivity index (χ0n) is 9.28. The van der Waals surface area contributed by atoms with E-state index in [0.29, 0.717) is 5.69 Å². The number of carboxylic acid groups (broad SMARTS) is 1. The first-order chi connectivity index (χ1) is 8.20. The minimum Gasteiger partial charge on any atom is -0.479 e. The summed E-state index contributed by atoms with van der Waals surface area (Å²) in [7, 11) is 1.76. The lowest BCUT2D eigenvalue weighted by Crippen LogP contribution is -2.30. The Bertz CT molecular complexity index is 484. The highest BCUT2D eigenvalue weighted by molar-refractivity contribution is 7.07. The molecular weight excluding hydrogens is 236 g/mol. The molecule has 1 N–H and O–H groups in total. The summed E-state index contributed by atoms with van der Waals surface area (Å²) in [6, 6.07) is 8.67. The van der Waals surface area contributed by atoms with Crippen molar-refractivity contribution in [3.8, 4) is 0 Å². The summed E-state index contributed by atoms with van der Waals surface area (Å²) in [5.74, 6) is -0.901. The van der Waals surface area contributed by atoms with Gasteiger partial charge in [-0.2, -0.15) is 0 Å². The van der Waals surface area contributed by atoms with Gasteiger partial charge in [0.2, 0.25) is 0 Å². The Morgan fingerprint density at radius 1 is 1.41 bits per heavy atom. The summed E-state index contributed by atoms with van der Waals surface area (Å²) in [5, 5.41) is 11.1. The number of aromatic nitrogens is 1. The Kier molecular flexibility index (Phi) is 3.39. The average molecular weight is 248 g/mol. The number of anilines is 1. The molecular formula is C12H12N2O2S. The molecule has 1 heterocycles. The molecule has 0 aliphatic heterocycles. The summed E-state index contributed by atoms with van der Waals surface area (Å²) in [5.41, 5.74) is 3.06. The molecule has 0 saturated heterocycles. The van der Waals surface area contributed by atoms with Gasteiger partial charge in [0.15, 0.2) is 6.04 Å². The van der Waals surface area contributed by atoms with Crippen LogP contribution in [0.5, 0.6) is 0 Å². The number of rotatable bonds is 4. The van der Waals surface area contributed by atoms with Gasteiger partial charge in [0.1, 0.15) is 0 Å². The van der Waals surface area contributed by atoms with E-state index in [1.165, 1.54) is 11.3 Å². The van der Waals surface area contributed by atoms with Gasteiger partial charge in [-0.25, -0.2) is 9.78 Å². The third-order valence-electron chi connectivity index (χ3n) is 2.52. The van der Waals surface area contributed by atoms with E-state index in [1.807, 2.05) is 30.3 Å². The zero-order chi connectivity index (χ0) is 12.3. The maximum absolute atomic E-state index is 11.3. The van der Waals surface area contributed by atoms with Crippen molar-refractivity contribution >= 4 is 23.0 Å². The number of nitrogens with zero attached hydrogens (tertiary/aromatic N) is 2. The van der Waals surface area contributed by atoms with Crippen molar-refractivity contribution in [3.63, 3.8) is 0 Å². The monoisotopic (exact) mass is 248 g/mol. The van der Waals surface area contributed by atoms with Crippen molar-refractivity contribution in [3.05, 3.63) is 46.9 Å². The van der Waals surface area contributed by atoms with Crippen molar-refractivity contribution in [2.24, 2.45) is 0 Å². The maximum atomic E-state index is 11.3. The lowest BCUT2D eigenvalue weighted by Gasteiger charge is -2.25. The van der Waals surface area contributed by atoms with Crippen molar-refractivity contribution in [2.75, 3.05) is 11.9 Å². The number of thiazole rings is 1. The van der Waals surface area contributed by atoms with Gasteiger partial charge >= 0.3 is 5.97 Å². The van der Waals surface area contributed by atoms with Crippen LogP contribution in [0.1, 0.15) is 11.7 Å². The minimum absolute atomic E-state index is 0.564. The van der Waals surface area contributed by atoms with Crippen LogP contribution in [0.15, 0.2) is 41.2 Å². The molecule has 17 heavy (non-hydrogen) atoms. The first-order valence-electron chi connectivity index (χ1n) is 5.09. The lowest BCUT2D eigenvalue weighted by atomic mass is 10.2.